The zero-order valence-electron chi connectivity index (χ0n) is 10.9. The summed E-state index contributed by atoms with van der Waals surface area (Å²) in [6.45, 7) is 0. The van der Waals surface area contributed by atoms with E-state index in [0.717, 1.165) is 22.2 Å². The SMILES string of the molecule is Clc1ccc(-c2noc3cc4c(cc23)[C@@H]2C=C[C@H]4O2)cc1. The van der Waals surface area contributed by atoms with Gasteiger partial charge in [0, 0.05) is 10.6 Å². The average Bonchev–Trinajstić information content (AvgIpc) is 3.20. The van der Waals surface area contributed by atoms with Gasteiger partial charge in [-0.2, -0.15) is 0 Å². The third-order valence-electron chi connectivity index (χ3n) is 4.16. The molecule has 0 aliphatic carbocycles. The summed E-state index contributed by atoms with van der Waals surface area (Å²) in [6.07, 6.45) is 4.34. The number of fused-ring (bicyclic) bond motifs is 6. The van der Waals surface area contributed by atoms with Crippen molar-refractivity contribution >= 4 is 22.6 Å². The number of halogens is 1. The van der Waals surface area contributed by atoms with Crippen LogP contribution in [0, 0.1) is 0 Å². The fourth-order valence-corrected chi connectivity index (χ4v) is 3.26. The lowest BCUT2D eigenvalue weighted by atomic mass is 9.94. The van der Waals surface area contributed by atoms with Gasteiger partial charge < -0.3 is 9.26 Å². The van der Waals surface area contributed by atoms with Crippen molar-refractivity contribution in [2.45, 2.75) is 12.2 Å². The molecule has 3 heterocycles. The fraction of sp³-hybridized carbons (Fsp3) is 0.118. The minimum absolute atomic E-state index is 0.0680. The van der Waals surface area contributed by atoms with Crippen LogP contribution >= 0.6 is 11.6 Å². The summed E-state index contributed by atoms with van der Waals surface area (Å²) >= 11 is 5.94. The first kappa shape index (κ1) is 11.5. The molecular weight excluding hydrogens is 286 g/mol. The number of hydrogen-bond donors (Lipinski definition) is 0. The minimum Gasteiger partial charge on any atom is -0.357 e. The summed E-state index contributed by atoms with van der Waals surface area (Å²) in [5.74, 6) is 0. The first-order valence-electron chi connectivity index (χ1n) is 6.82. The highest BCUT2D eigenvalue weighted by molar-refractivity contribution is 6.30. The summed E-state index contributed by atoms with van der Waals surface area (Å²) in [6, 6.07) is 11.8. The van der Waals surface area contributed by atoms with Gasteiger partial charge in [0.2, 0.25) is 0 Å². The Balaban J connectivity index is 1.73. The van der Waals surface area contributed by atoms with E-state index in [1.807, 2.05) is 30.3 Å². The summed E-state index contributed by atoms with van der Waals surface area (Å²) < 4.78 is 11.4. The van der Waals surface area contributed by atoms with Crippen LogP contribution < -0.4 is 0 Å². The fourth-order valence-electron chi connectivity index (χ4n) is 3.13. The quantitative estimate of drug-likeness (QED) is 0.603. The van der Waals surface area contributed by atoms with E-state index in [1.54, 1.807) is 0 Å². The summed E-state index contributed by atoms with van der Waals surface area (Å²) in [5, 5.41) is 5.95. The van der Waals surface area contributed by atoms with E-state index in [1.165, 1.54) is 11.1 Å². The van der Waals surface area contributed by atoms with Gasteiger partial charge >= 0.3 is 0 Å². The molecule has 2 aliphatic rings. The van der Waals surface area contributed by atoms with Crippen LogP contribution in [0.4, 0.5) is 0 Å². The van der Waals surface area contributed by atoms with Gasteiger partial charge in [0.05, 0.1) is 5.39 Å². The second-order valence-corrected chi connectivity index (χ2v) is 5.81. The van der Waals surface area contributed by atoms with Gasteiger partial charge in [0.25, 0.3) is 0 Å². The van der Waals surface area contributed by atoms with Gasteiger partial charge in [-0.1, -0.05) is 41.0 Å². The van der Waals surface area contributed by atoms with Crippen molar-refractivity contribution in [3.63, 3.8) is 0 Å². The number of rotatable bonds is 1. The van der Waals surface area contributed by atoms with Crippen molar-refractivity contribution < 1.29 is 9.26 Å². The van der Waals surface area contributed by atoms with Crippen LogP contribution in [0.25, 0.3) is 22.2 Å². The van der Waals surface area contributed by atoms with Gasteiger partial charge in [-0.15, -0.1) is 0 Å². The van der Waals surface area contributed by atoms with Crippen LogP contribution in [0.3, 0.4) is 0 Å². The van der Waals surface area contributed by atoms with Crippen LogP contribution in [-0.4, -0.2) is 5.16 Å². The number of ether oxygens (including phenoxy) is 1. The topological polar surface area (TPSA) is 35.3 Å². The van der Waals surface area contributed by atoms with Crippen molar-refractivity contribution in [1.29, 1.82) is 0 Å². The molecule has 102 valence electrons. The first-order valence-corrected chi connectivity index (χ1v) is 7.20. The monoisotopic (exact) mass is 295 g/mol. The van der Waals surface area contributed by atoms with Crippen molar-refractivity contribution in [1.82, 2.24) is 5.16 Å². The number of hydrogen-bond acceptors (Lipinski definition) is 3. The highest BCUT2D eigenvalue weighted by atomic mass is 35.5. The highest BCUT2D eigenvalue weighted by Crippen LogP contribution is 2.47. The number of benzene rings is 2. The Kier molecular flexibility index (Phi) is 2.18. The molecule has 2 atom stereocenters. The van der Waals surface area contributed by atoms with Gasteiger partial charge in [-0.25, -0.2) is 0 Å². The van der Waals surface area contributed by atoms with Crippen molar-refractivity contribution in [3.8, 4) is 11.3 Å². The molecular formula is C17H10ClNO2. The molecule has 0 saturated carbocycles. The Labute approximate surface area is 125 Å². The molecule has 0 unspecified atom stereocenters. The smallest absolute Gasteiger partial charge is 0.167 e. The van der Waals surface area contributed by atoms with E-state index in [-0.39, 0.29) is 12.2 Å². The molecule has 0 spiro atoms. The number of nitrogens with zero attached hydrogens (tertiary/aromatic N) is 1. The molecule has 2 bridgehead atoms. The van der Waals surface area contributed by atoms with Crippen molar-refractivity contribution in [2.24, 2.45) is 0 Å². The van der Waals surface area contributed by atoms with Crippen LogP contribution in [0.15, 0.2) is 53.1 Å². The van der Waals surface area contributed by atoms with Crippen molar-refractivity contribution in [2.75, 3.05) is 0 Å². The maximum atomic E-state index is 5.94. The molecule has 0 radical (unpaired) electrons. The summed E-state index contributed by atoms with van der Waals surface area (Å²) in [4.78, 5) is 0. The molecule has 2 aromatic carbocycles. The maximum absolute atomic E-state index is 5.94. The summed E-state index contributed by atoms with van der Waals surface area (Å²) in [5.41, 5.74) is 5.04. The van der Waals surface area contributed by atoms with Gasteiger partial charge in [-0.3, -0.25) is 0 Å². The molecule has 2 aliphatic heterocycles. The predicted molar refractivity (Wildman–Crippen MR) is 80.2 cm³/mol. The summed E-state index contributed by atoms with van der Waals surface area (Å²) in [7, 11) is 0. The third-order valence-corrected chi connectivity index (χ3v) is 4.41. The molecule has 0 saturated heterocycles. The lowest BCUT2D eigenvalue weighted by Gasteiger charge is -2.06. The van der Waals surface area contributed by atoms with Crippen LogP contribution in [0.2, 0.25) is 5.02 Å². The molecule has 21 heavy (non-hydrogen) atoms. The second-order valence-electron chi connectivity index (χ2n) is 5.38. The van der Waals surface area contributed by atoms with E-state index in [9.17, 15) is 0 Å². The zero-order valence-corrected chi connectivity index (χ0v) is 11.7. The standard InChI is InChI=1S/C17H10ClNO2/c18-10-3-1-9(2-4-10)17-13-7-11-12(8-16(13)21-19-17)15-6-5-14(11)20-15/h1-8,14-15H/t14-,15+/m0/s1. The lowest BCUT2D eigenvalue weighted by molar-refractivity contribution is 0.0879. The third kappa shape index (κ3) is 1.56. The average molecular weight is 296 g/mol. The van der Waals surface area contributed by atoms with E-state index in [0.29, 0.717) is 5.02 Å². The van der Waals surface area contributed by atoms with Crippen LogP contribution in [0.5, 0.6) is 0 Å². The Morgan fingerprint density at radius 1 is 0.952 bits per heavy atom. The molecule has 5 rings (SSSR count). The maximum Gasteiger partial charge on any atom is 0.167 e. The Hall–Kier alpha value is -2.10. The van der Waals surface area contributed by atoms with E-state index < -0.39 is 0 Å². The van der Waals surface area contributed by atoms with Crippen LogP contribution in [-0.2, 0) is 4.74 Å². The lowest BCUT2D eigenvalue weighted by Crippen LogP contribution is -1.92. The molecule has 0 N–H and O–H groups in total. The highest BCUT2D eigenvalue weighted by Gasteiger charge is 2.34. The van der Waals surface area contributed by atoms with E-state index >= 15 is 0 Å². The Morgan fingerprint density at radius 3 is 2.43 bits per heavy atom. The molecule has 0 amide bonds. The van der Waals surface area contributed by atoms with Gasteiger partial charge in [-0.05, 0) is 35.4 Å². The van der Waals surface area contributed by atoms with Crippen LogP contribution in [0.1, 0.15) is 23.3 Å². The zero-order chi connectivity index (χ0) is 14.0. The molecule has 3 aromatic rings. The molecule has 0 fully saturated rings. The van der Waals surface area contributed by atoms with Gasteiger partial charge in [0.1, 0.15) is 17.9 Å². The second kappa shape index (κ2) is 3.97. The van der Waals surface area contributed by atoms with Crippen molar-refractivity contribution in [3.05, 3.63) is 64.7 Å². The Morgan fingerprint density at radius 2 is 1.67 bits per heavy atom. The first-order chi connectivity index (χ1) is 10.3. The minimum atomic E-state index is 0.0680. The van der Waals surface area contributed by atoms with E-state index in [4.69, 9.17) is 20.9 Å². The Bertz CT molecular complexity index is 895. The molecule has 4 heteroatoms. The van der Waals surface area contributed by atoms with E-state index in [2.05, 4.69) is 23.4 Å². The number of aromatic nitrogens is 1. The normalized spacial score (nSPS) is 22.1. The predicted octanol–water partition coefficient (Wildman–Crippen LogP) is 4.83. The van der Waals surface area contributed by atoms with Gasteiger partial charge in [0.15, 0.2) is 5.58 Å². The largest absolute Gasteiger partial charge is 0.357 e. The molecule has 3 nitrogen and oxygen atoms in total. The molecule has 1 aromatic heterocycles.